The van der Waals surface area contributed by atoms with Crippen molar-refractivity contribution in [2.45, 2.75) is 123 Å². The van der Waals surface area contributed by atoms with Crippen molar-refractivity contribution in [3.05, 3.63) is 0 Å². The zero-order valence-electron chi connectivity index (χ0n) is 24.4. The van der Waals surface area contributed by atoms with Crippen molar-refractivity contribution in [3.8, 4) is 0 Å². The molecule has 3 rings (SSSR count). The van der Waals surface area contributed by atoms with Gasteiger partial charge in [0.1, 0.15) is 11.6 Å². The van der Waals surface area contributed by atoms with Gasteiger partial charge in [0, 0.05) is 25.2 Å². The minimum atomic E-state index is -1.01. The molecule has 0 aromatic rings. The highest BCUT2D eigenvalue weighted by Crippen LogP contribution is 2.65. The average Bonchev–Trinajstić information content (AvgIpc) is 3.26. The molecule has 1 spiro atoms. The topological polar surface area (TPSA) is 108 Å². The van der Waals surface area contributed by atoms with Crippen LogP contribution in [0.2, 0.25) is 0 Å². The van der Waals surface area contributed by atoms with Gasteiger partial charge in [0.05, 0.1) is 17.4 Å². The third-order valence-electron chi connectivity index (χ3n) is 8.64. The molecule has 3 amide bonds. The molecule has 37 heavy (non-hydrogen) atoms. The summed E-state index contributed by atoms with van der Waals surface area (Å²) in [5.41, 5.74) is -2.25. The van der Waals surface area contributed by atoms with Crippen LogP contribution in [0, 0.1) is 23.2 Å². The van der Waals surface area contributed by atoms with E-state index in [1.54, 1.807) is 4.90 Å². The van der Waals surface area contributed by atoms with Crippen LogP contribution in [0.5, 0.6) is 0 Å². The van der Waals surface area contributed by atoms with Crippen molar-refractivity contribution >= 4 is 17.7 Å². The van der Waals surface area contributed by atoms with Crippen LogP contribution in [0.15, 0.2) is 0 Å². The van der Waals surface area contributed by atoms with E-state index in [9.17, 15) is 14.4 Å². The molecule has 212 valence electrons. The SMILES string of the molecule is CCCNC(=O)[C@@H]1[C@H]2C(=O)N(CCCCCCO)C(C(=O)NC(C)(C)CC(C)(C)C)C23CC(C)[C@@]1(C)O3. The molecule has 0 aliphatic carbocycles. The van der Waals surface area contributed by atoms with E-state index >= 15 is 0 Å². The Labute approximate surface area is 223 Å². The maximum Gasteiger partial charge on any atom is 0.246 e. The Balaban J connectivity index is 1.96. The van der Waals surface area contributed by atoms with Gasteiger partial charge in [0.2, 0.25) is 17.7 Å². The molecule has 6 atom stereocenters. The van der Waals surface area contributed by atoms with Gasteiger partial charge in [-0.3, -0.25) is 14.4 Å². The maximum absolute atomic E-state index is 14.1. The molecular formula is C29H51N3O5. The van der Waals surface area contributed by atoms with Crippen LogP contribution in [0.4, 0.5) is 0 Å². The minimum absolute atomic E-state index is 0.0161. The molecular weight excluding hydrogens is 470 g/mol. The number of unbranched alkanes of at least 4 members (excludes halogenated alkanes) is 3. The number of aliphatic hydroxyl groups excluding tert-OH is 1. The van der Waals surface area contributed by atoms with Crippen LogP contribution in [0.25, 0.3) is 0 Å². The molecule has 0 saturated carbocycles. The Morgan fingerprint density at radius 3 is 2.35 bits per heavy atom. The molecule has 8 heteroatoms. The van der Waals surface area contributed by atoms with Crippen molar-refractivity contribution in [2.75, 3.05) is 19.7 Å². The standard InChI is InChI=1S/C29H51N3O5/c1-9-14-30-23(34)20-21-25(36)32(15-12-10-11-13-16-33)22(29(21)17-19(2)28(20,8)37-29)24(35)31-27(6,7)18-26(3,4)5/h19-22,33H,9-18H2,1-8H3,(H,30,34)(H,31,35)/t19?,20-,21-,22?,28+,29?/m0/s1. The first-order valence-corrected chi connectivity index (χ1v) is 14.3. The monoisotopic (exact) mass is 521 g/mol. The summed E-state index contributed by atoms with van der Waals surface area (Å²) in [6, 6.07) is -0.768. The molecule has 3 N–H and O–H groups in total. The number of carbonyl (C=O) groups excluding carboxylic acids is 3. The lowest BCUT2D eigenvalue weighted by Crippen LogP contribution is -2.59. The first kappa shape index (κ1) is 29.9. The second-order valence-electron chi connectivity index (χ2n) is 13.8. The van der Waals surface area contributed by atoms with Crippen molar-refractivity contribution in [1.29, 1.82) is 0 Å². The van der Waals surface area contributed by atoms with E-state index < -0.39 is 34.6 Å². The number of hydrogen-bond acceptors (Lipinski definition) is 5. The number of ether oxygens (including phenoxy) is 1. The Morgan fingerprint density at radius 1 is 1.11 bits per heavy atom. The summed E-state index contributed by atoms with van der Waals surface area (Å²) in [7, 11) is 0. The molecule has 0 radical (unpaired) electrons. The van der Waals surface area contributed by atoms with Crippen molar-refractivity contribution in [2.24, 2.45) is 23.2 Å². The van der Waals surface area contributed by atoms with Crippen LogP contribution in [0.3, 0.4) is 0 Å². The lowest BCUT2D eigenvalue weighted by molar-refractivity contribution is -0.148. The summed E-state index contributed by atoms with van der Waals surface area (Å²) in [5, 5.41) is 15.4. The third-order valence-corrected chi connectivity index (χ3v) is 8.64. The van der Waals surface area contributed by atoms with Gasteiger partial charge in [-0.05, 0) is 64.2 Å². The summed E-state index contributed by atoms with van der Waals surface area (Å²) < 4.78 is 6.77. The van der Waals surface area contributed by atoms with E-state index in [2.05, 4.69) is 38.3 Å². The number of rotatable bonds is 12. The molecule has 0 aromatic carbocycles. The van der Waals surface area contributed by atoms with Crippen LogP contribution >= 0.6 is 0 Å². The van der Waals surface area contributed by atoms with Crippen LogP contribution in [-0.4, -0.2) is 70.2 Å². The van der Waals surface area contributed by atoms with E-state index in [0.717, 1.165) is 38.5 Å². The number of carbonyl (C=O) groups is 3. The van der Waals surface area contributed by atoms with Crippen molar-refractivity contribution < 1.29 is 24.2 Å². The maximum atomic E-state index is 14.1. The molecule has 3 fully saturated rings. The van der Waals surface area contributed by atoms with Gasteiger partial charge < -0.3 is 25.4 Å². The Morgan fingerprint density at radius 2 is 1.76 bits per heavy atom. The van der Waals surface area contributed by atoms with Gasteiger partial charge in [-0.1, -0.05) is 47.5 Å². The lowest BCUT2D eigenvalue weighted by Gasteiger charge is -2.38. The van der Waals surface area contributed by atoms with Gasteiger partial charge in [0.25, 0.3) is 0 Å². The molecule has 8 nitrogen and oxygen atoms in total. The van der Waals surface area contributed by atoms with Gasteiger partial charge in [-0.25, -0.2) is 0 Å². The molecule has 3 aliphatic rings. The first-order chi connectivity index (χ1) is 17.1. The van der Waals surface area contributed by atoms with Crippen LogP contribution < -0.4 is 10.6 Å². The largest absolute Gasteiger partial charge is 0.396 e. The molecule has 3 heterocycles. The highest BCUT2D eigenvalue weighted by Gasteiger charge is 2.79. The fraction of sp³-hybridized carbons (Fsp3) is 0.897. The van der Waals surface area contributed by atoms with Crippen molar-refractivity contribution in [3.63, 3.8) is 0 Å². The summed E-state index contributed by atoms with van der Waals surface area (Å²) in [6.45, 7) is 17.7. The predicted octanol–water partition coefficient (Wildman–Crippen LogP) is 3.41. The smallest absolute Gasteiger partial charge is 0.246 e. The zero-order chi connectivity index (χ0) is 27.8. The number of amides is 3. The van der Waals surface area contributed by atoms with Gasteiger partial charge in [-0.15, -0.1) is 0 Å². The number of nitrogens with one attached hydrogen (secondary N) is 2. The fourth-order valence-electron chi connectivity index (χ4n) is 7.56. The number of fused-ring (bicyclic) bond motifs is 1. The van der Waals surface area contributed by atoms with Crippen LogP contribution in [0.1, 0.15) is 100 Å². The molecule has 0 aromatic heterocycles. The van der Waals surface area contributed by atoms with E-state index in [1.807, 2.05) is 27.7 Å². The van der Waals surface area contributed by atoms with Crippen molar-refractivity contribution in [1.82, 2.24) is 15.5 Å². The van der Waals surface area contributed by atoms with E-state index in [-0.39, 0.29) is 35.7 Å². The summed E-state index contributed by atoms with van der Waals surface area (Å²) in [4.78, 5) is 43.3. The van der Waals surface area contributed by atoms with E-state index in [4.69, 9.17) is 9.84 Å². The number of hydrogen-bond donors (Lipinski definition) is 3. The molecule has 2 bridgehead atoms. The normalized spacial score (nSPS) is 33.1. The van der Waals surface area contributed by atoms with E-state index in [0.29, 0.717) is 19.5 Å². The van der Waals surface area contributed by atoms with Gasteiger partial charge in [0.15, 0.2) is 0 Å². The summed E-state index contributed by atoms with van der Waals surface area (Å²) >= 11 is 0. The fourth-order valence-corrected chi connectivity index (χ4v) is 7.56. The van der Waals surface area contributed by atoms with E-state index in [1.165, 1.54) is 0 Å². The Kier molecular flexibility index (Phi) is 8.75. The molecule has 3 unspecified atom stereocenters. The predicted molar refractivity (Wildman–Crippen MR) is 144 cm³/mol. The van der Waals surface area contributed by atoms with Gasteiger partial charge in [-0.2, -0.15) is 0 Å². The molecule has 3 saturated heterocycles. The number of aliphatic hydroxyl groups is 1. The minimum Gasteiger partial charge on any atom is -0.396 e. The highest BCUT2D eigenvalue weighted by molar-refractivity contribution is 5.99. The lowest BCUT2D eigenvalue weighted by atomic mass is 9.62. The highest BCUT2D eigenvalue weighted by atomic mass is 16.5. The second-order valence-corrected chi connectivity index (χ2v) is 13.8. The first-order valence-electron chi connectivity index (χ1n) is 14.3. The Hall–Kier alpha value is -1.67. The number of likely N-dealkylation sites (tertiary alicyclic amines) is 1. The summed E-state index contributed by atoms with van der Waals surface area (Å²) in [6.07, 6.45) is 5.37. The third kappa shape index (κ3) is 5.70. The average molecular weight is 522 g/mol. The number of nitrogens with zero attached hydrogens (tertiary/aromatic N) is 1. The molecule has 3 aliphatic heterocycles. The van der Waals surface area contributed by atoms with Gasteiger partial charge >= 0.3 is 0 Å². The Bertz CT molecular complexity index is 868. The quantitative estimate of drug-likeness (QED) is 0.341. The second kappa shape index (κ2) is 10.8. The summed E-state index contributed by atoms with van der Waals surface area (Å²) in [5.74, 6) is -1.71. The zero-order valence-corrected chi connectivity index (χ0v) is 24.4. The van der Waals surface area contributed by atoms with Crippen LogP contribution in [-0.2, 0) is 19.1 Å².